The monoisotopic (exact) mass is 609 g/mol. The number of benzene rings is 2. The molecular weight excluding hydrogens is 570 g/mol. The van der Waals surface area contributed by atoms with E-state index in [1.54, 1.807) is 58.0 Å². The Bertz CT molecular complexity index is 1350. The van der Waals surface area contributed by atoms with Crippen molar-refractivity contribution in [2.45, 2.75) is 53.0 Å². The minimum Gasteiger partial charge on any atom is -0.466 e. The first-order valence-corrected chi connectivity index (χ1v) is 14.2. The van der Waals surface area contributed by atoms with Gasteiger partial charge in [0.1, 0.15) is 17.6 Å². The van der Waals surface area contributed by atoms with Crippen LogP contribution in [0.15, 0.2) is 54.1 Å². The summed E-state index contributed by atoms with van der Waals surface area (Å²) in [4.78, 5) is 64.6. The predicted molar refractivity (Wildman–Crippen MR) is 162 cm³/mol. The van der Waals surface area contributed by atoms with E-state index in [0.717, 1.165) is 0 Å². The van der Waals surface area contributed by atoms with E-state index in [4.69, 9.17) is 30.1 Å². The number of carbonyl (C=O) groups is 5. The Labute approximate surface area is 256 Å². The summed E-state index contributed by atoms with van der Waals surface area (Å²) in [5, 5.41) is 7.44. The molecule has 0 fully saturated rings. The topological polar surface area (TPSA) is 175 Å². The van der Waals surface area contributed by atoms with Crippen LogP contribution < -0.4 is 10.5 Å². The van der Waals surface area contributed by atoms with Gasteiger partial charge in [0, 0.05) is 24.1 Å². The van der Waals surface area contributed by atoms with Gasteiger partial charge in [-0.25, -0.2) is 9.59 Å². The summed E-state index contributed by atoms with van der Waals surface area (Å²) in [7, 11) is 0. The summed E-state index contributed by atoms with van der Waals surface area (Å²) in [6.07, 6.45) is 1.35. The molecule has 0 bridgehead atoms. The van der Waals surface area contributed by atoms with E-state index in [9.17, 15) is 24.0 Å². The van der Waals surface area contributed by atoms with Gasteiger partial charge in [0.05, 0.1) is 31.8 Å². The molecule has 0 saturated heterocycles. The van der Waals surface area contributed by atoms with Gasteiger partial charge in [0.15, 0.2) is 0 Å². The van der Waals surface area contributed by atoms with Crippen molar-refractivity contribution in [2.75, 3.05) is 26.4 Å². The van der Waals surface area contributed by atoms with E-state index in [1.165, 1.54) is 29.2 Å². The first kappa shape index (κ1) is 35.2. The summed E-state index contributed by atoms with van der Waals surface area (Å²) in [6, 6.07) is 11.3. The molecule has 3 N–H and O–H groups in total. The van der Waals surface area contributed by atoms with Crippen LogP contribution in [0.4, 0.5) is 0 Å². The Balaban J connectivity index is 2.26. The highest BCUT2D eigenvalue weighted by atomic mass is 16.5. The molecule has 12 nitrogen and oxygen atoms in total. The number of esters is 4. The van der Waals surface area contributed by atoms with Crippen LogP contribution in [-0.2, 0) is 33.4 Å². The van der Waals surface area contributed by atoms with E-state index in [2.05, 4.69) is 0 Å². The summed E-state index contributed by atoms with van der Waals surface area (Å²) in [5.41, 5.74) is 7.03. The zero-order chi connectivity index (χ0) is 32.6. The average molecular weight is 610 g/mol. The lowest BCUT2D eigenvalue weighted by atomic mass is 10.1. The molecule has 12 heteroatoms. The lowest BCUT2D eigenvalue weighted by Crippen LogP contribution is -2.48. The molecule has 0 radical (unpaired) electrons. The quantitative estimate of drug-likeness (QED) is 0.0713. The fourth-order valence-electron chi connectivity index (χ4n) is 4.08. The number of ether oxygens (including phenoxy) is 4. The molecule has 0 aromatic heterocycles. The first-order valence-electron chi connectivity index (χ1n) is 14.2. The maximum Gasteiger partial charge on any atom is 0.343 e. The number of nitrogens with zero attached hydrogens (tertiary/aromatic N) is 1. The molecule has 0 unspecified atom stereocenters. The van der Waals surface area contributed by atoms with Crippen LogP contribution in [0.1, 0.15) is 68.4 Å². The Morgan fingerprint density at radius 2 is 1.41 bits per heavy atom. The van der Waals surface area contributed by atoms with Gasteiger partial charge >= 0.3 is 23.9 Å². The molecule has 0 aliphatic carbocycles. The van der Waals surface area contributed by atoms with Crippen LogP contribution in [0.3, 0.4) is 0 Å². The van der Waals surface area contributed by atoms with Crippen molar-refractivity contribution in [3.8, 4) is 5.75 Å². The highest BCUT2D eigenvalue weighted by Gasteiger charge is 2.34. The number of hydrogen-bond acceptors (Lipinski definition) is 10. The predicted octanol–water partition coefficient (Wildman–Crippen LogP) is 3.65. The number of nitrogens with one attached hydrogen (secondary N) is 1. The Hall–Kier alpha value is -5.00. The SMILES string of the molecule is CCOC(=O)CCCN(C(=O)/C(C)=C/c1ccc(C(=O)Oc2ccc(C(=N)N)cc2)cc1)[C@@H](CC(=O)OCC)C(=O)OCC. The van der Waals surface area contributed by atoms with Crippen molar-refractivity contribution in [1.29, 1.82) is 5.41 Å². The highest BCUT2D eigenvalue weighted by Crippen LogP contribution is 2.19. The van der Waals surface area contributed by atoms with Crippen LogP contribution in [0, 0.1) is 5.41 Å². The molecule has 0 spiro atoms. The average Bonchev–Trinajstić information content (AvgIpc) is 2.99. The van der Waals surface area contributed by atoms with Gasteiger partial charge in [-0.2, -0.15) is 0 Å². The van der Waals surface area contributed by atoms with Crippen molar-refractivity contribution in [1.82, 2.24) is 4.90 Å². The second-order valence-corrected chi connectivity index (χ2v) is 9.46. The highest BCUT2D eigenvalue weighted by molar-refractivity contribution is 6.00. The smallest absolute Gasteiger partial charge is 0.343 e. The van der Waals surface area contributed by atoms with Gasteiger partial charge in [0.25, 0.3) is 0 Å². The summed E-state index contributed by atoms with van der Waals surface area (Å²) in [6.45, 7) is 6.80. The first-order chi connectivity index (χ1) is 21.0. The van der Waals surface area contributed by atoms with Crippen LogP contribution in [0.25, 0.3) is 6.08 Å². The molecule has 1 amide bonds. The number of nitrogens with two attached hydrogens (primary N) is 1. The second kappa shape index (κ2) is 17.8. The third-order valence-corrected chi connectivity index (χ3v) is 6.19. The minimum atomic E-state index is -1.27. The van der Waals surface area contributed by atoms with E-state index >= 15 is 0 Å². The van der Waals surface area contributed by atoms with Crippen molar-refractivity contribution in [2.24, 2.45) is 5.73 Å². The van der Waals surface area contributed by atoms with Crippen molar-refractivity contribution in [3.63, 3.8) is 0 Å². The number of hydrogen-bond donors (Lipinski definition) is 2. The standard InChI is InChI=1S/C32H39N3O9/c1-5-41-27(36)9-8-18-35(26(32(40)43-7-3)20-28(37)42-6-2)30(38)21(4)19-22-10-12-24(13-11-22)31(39)44-25-16-14-23(15-17-25)29(33)34/h10-17,19,26H,5-9,18,20H2,1-4H3,(H3,33,34)/b21-19+/t26-/m0/s1. The van der Waals surface area contributed by atoms with Crippen LogP contribution in [-0.4, -0.2) is 72.9 Å². The normalized spacial score (nSPS) is 11.6. The number of amides is 1. The molecule has 0 heterocycles. The molecule has 44 heavy (non-hydrogen) atoms. The summed E-state index contributed by atoms with van der Waals surface area (Å²) >= 11 is 0. The number of nitrogen functional groups attached to an aromatic ring is 1. The fourth-order valence-corrected chi connectivity index (χ4v) is 4.08. The lowest BCUT2D eigenvalue weighted by Gasteiger charge is -2.30. The maximum atomic E-state index is 13.7. The molecule has 0 aliphatic heterocycles. The van der Waals surface area contributed by atoms with Crippen molar-refractivity contribution >= 4 is 41.7 Å². The Morgan fingerprint density at radius 3 is 1.98 bits per heavy atom. The maximum absolute atomic E-state index is 13.7. The molecule has 2 aromatic rings. The molecular formula is C32H39N3O9. The summed E-state index contributed by atoms with van der Waals surface area (Å²) in [5.74, 6) is -2.86. The number of carbonyl (C=O) groups excluding carboxylic acids is 5. The molecule has 2 rings (SSSR count). The van der Waals surface area contributed by atoms with Gasteiger partial charge in [-0.05, 0) is 82.2 Å². The van der Waals surface area contributed by atoms with Crippen molar-refractivity contribution in [3.05, 3.63) is 70.8 Å². The zero-order valence-corrected chi connectivity index (χ0v) is 25.4. The van der Waals surface area contributed by atoms with Gasteiger partial charge in [-0.3, -0.25) is 19.8 Å². The third-order valence-electron chi connectivity index (χ3n) is 6.19. The van der Waals surface area contributed by atoms with Gasteiger partial charge in [-0.15, -0.1) is 0 Å². The largest absolute Gasteiger partial charge is 0.466 e. The van der Waals surface area contributed by atoms with Crippen LogP contribution in [0.5, 0.6) is 5.75 Å². The van der Waals surface area contributed by atoms with E-state index in [1.807, 2.05) is 0 Å². The molecule has 2 aromatic carbocycles. The van der Waals surface area contributed by atoms with Gasteiger partial charge < -0.3 is 29.6 Å². The lowest BCUT2D eigenvalue weighted by molar-refractivity contribution is -0.159. The molecule has 236 valence electrons. The van der Waals surface area contributed by atoms with E-state index < -0.39 is 42.2 Å². The minimum absolute atomic E-state index is 0.00771. The Morgan fingerprint density at radius 1 is 0.841 bits per heavy atom. The zero-order valence-electron chi connectivity index (χ0n) is 25.4. The van der Waals surface area contributed by atoms with Crippen LogP contribution >= 0.6 is 0 Å². The number of amidine groups is 1. The van der Waals surface area contributed by atoms with Gasteiger partial charge in [0.2, 0.25) is 5.91 Å². The molecule has 0 aliphatic rings. The summed E-state index contributed by atoms with van der Waals surface area (Å²) < 4.78 is 20.5. The van der Waals surface area contributed by atoms with Gasteiger partial charge in [-0.1, -0.05) is 12.1 Å². The fraction of sp³-hybridized carbons (Fsp3) is 0.375. The number of rotatable bonds is 16. The molecule has 0 saturated carbocycles. The third kappa shape index (κ3) is 11.0. The molecule has 1 atom stereocenters. The van der Waals surface area contributed by atoms with E-state index in [-0.39, 0.29) is 61.9 Å². The van der Waals surface area contributed by atoms with Crippen LogP contribution in [0.2, 0.25) is 0 Å². The van der Waals surface area contributed by atoms with Crippen molar-refractivity contribution < 1.29 is 42.9 Å². The van der Waals surface area contributed by atoms with E-state index in [0.29, 0.717) is 11.1 Å². The Kier molecular flexibility index (Phi) is 14.3. The second-order valence-electron chi connectivity index (χ2n) is 9.46.